The lowest BCUT2D eigenvalue weighted by Crippen LogP contribution is -2.16. The van der Waals surface area contributed by atoms with Gasteiger partial charge in [0.1, 0.15) is 0 Å². The van der Waals surface area contributed by atoms with Crippen LogP contribution in [0.2, 0.25) is 0 Å². The maximum Gasteiger partial charge on any atom is 0.223 e. The van der Waals surface area contributed by atoms with Crippen LogP contribution in [0.3, 0.4) is 0 Å². The zero-order valence-corrected chi connectivity index (χ0v) is 4.27. The van der Waals surface area contributed by atoms with Gasteiger partial charge < -0.3 is 5.32 Å². The van der Waals surface area contributed by atoms with Crippen molar-refractivity contribution < 1.29 is 4.79 Å². The molecule has 1 aliphatic rings. The smallest absolute Gasteiger partial charge is 0.223 e. The van der Waals surface area contributed by atoms with E-state index in [1.165, 1.54) is 0 Å². The van der Waals surface area contributed by atoms with E-state index in [4.69, 9.17) is 0 Å². The van der Waals surface area contributed by atoms with Crippen molar-refractivity contribution >= 4 is 5.91 Å². The number of hydrogen-bond acceptors (Lipinski definition) is 1. The summed E-state index contributed by atoms with van der Waals surface area (Å²) in [5.41, 5.74) is 0. The third kappa shape index (κ3) is 0.734. The lowest BCUT2D eigenvalue weighted by molar-refractivity contribution is -0.121. The molecule has 7 heavy (non-hydrogen) atoms. The molecule has 0 saturated carbocycles. The Labute approximate surface area is 42.9 Å². The highest BCUT2D eigenvalue weighted by molar-refractivity contribution is 5.82. The average molecular weight is 98.1 g/mol. The number of rotatable bonds is 0. The molecule has 1 rings (SSSR count). The second-order valence-electron chi connectivity index (χ2n) is 1.77. The molecule has 1 saturated heterocycles. The van der Waals surface area contributed by atoms with Gasteiger partial charge in [-0.05, 0) is 6.42 Å². The molecule has 2 nitrogen and oxygen atoms in total. The highest BCUT2D eigenvalue weighted by atomic mass is 16.2. The Hall–Kier alpha value is -0.530. The van der Waals surface area contributed by atoms with E-state index < -0.39 is 0 Å². The monoisotopic (exact) mass is 98.1 g/mol. The van der Waals surface area contributed by atoms with Gasteiger partial charge in [0.2, 0.25) is 5.91 Å². The van der Waals surface area contributed by atoms with Crippen molar-refractivity contribution in [3.8, 4) is 0 Å². The fourth-order valence-corrected chi connectivity index (χ4v) is 0.604. The summed E-state index contributed by atoms with van der Waals surface area (Å²) in [5, 5.41) is 2.67. The lowest BCUT2D eigenvalue weighted by atomic mass is 10.1. The van der Waals surface area contributed by atoms with Gasteiger partial charge >= 0.3 is 0 Å². The molecule has 0 aliphatic carbocycles. The molecule has 39 valence electrons. The Balaban J connectivity index is 2.48. The fourth-order valence-electron chi connectivity index (χ4n) is 0.604. The largest absolute Gasteiger partial charge is 0.356 e. The van der Waals surface area contributed by atoms with Gasteiger partial charge in [-0.15, -0.1) is 0 Å². The van der Waals surface area contributed by atoms with Crippen LogP contribution in [0.4, 0.5) is 0 Å². The van der Waals surface area contributed by atoms with Crippen molar-refractivity contribution in [3.05, 3.63) is 6.42 Å². The Morgan fingerprint density at radius 3 is 2.86 bits per heavy atom. The predicted molar refractivity (Wildman–Crippen MR) is 26.5 cm³/mol. The normalized spacial score (nSPS) is 30.4. The summed E-state index contributed by atoms with van der Waals surface area (Å²) in [6, 6.07) is 0. The molecule has 0 spiro atoms. The zero-order valence-electron chi connectivity index (χ0n) is 4.27. The van der Waals surface area contributed by atoms with Crippen molar-refractivity contribution in [1.82, 2.24) is 5.32 Å². The van der Waals surface area contributed by atoms with E-state index in [1.807, 2.05) is 13.3 Å². The number of hydrogen-bond donors (Lipinski definition) is 1. The first kappa shape index (κ1) is 4.62. The number of amides is 1. The molecule has 0 aromatic rings. The molecule has 1 radical (unpaired) electrons. The summed E-state index contributed by atoms with van der Waals surface area (Å²) < 4.78 is 0. The van der Waals surface area contributed by atoms with E-state index in [1.54, 1.807) is 0 Å². The standard InChI is InChI=1S/C5H8NO/c1-4-2-3-6-5(4)7/h2,4H,3H2,1H3,(H,6,7). The van der Waals surface area contributed by atoms with E-state index >= 15 is 0 Å². The fraction of sp³-hybridized carbons (Fsp3) is 0.600. The van der Waals surface area contributed by atoms with Gasteiger partial charge in [-0.2, -0.15) is 0 Å². The van der Waals surface area contributed by atoms with Gasteiger partial charge in [-0.3, -0.25) is 4.79 Å². The van der Waals surface area contributed by atoms with Crippen molar-refractivity contribution in [3.63, 3.8) is 0 Å². The van der Waals surface area contributed by atoms with Crippen LogP contribution in [0.5, 0.6) is 0 Å². The lowest BCUT2D eigenvalue weighted by Gasteiger charge is -1.89. The van der Waals surface area contributed by atoms with Crippen LogP contribution in [0.25, 0.3) is 0 Å². The van der Waals surface area contributed by atoms with Crippen LogP contribution in [0.1, 0.15) is 6.92 Å². The Morgan fingerprint density at radius 2 is 2.71 bits per heavy atom. The van der Waals surface area contributed by atoms with Crippen molar-refractivity contribution in [2.75, 3.05) is 6.54 Å². The van der Waals surface area contributed by atoms with Crippen LogP contribution < -0.4 is 5.32 Å². The summed E-state index contributed by atoms with van der Waals surface area (Å²) in [6.45, 7) is 2.64. The minimum Gasteiger partial charge on any atom is -0.356 e. The molecule has 1 N–H and O–H groups in total. The molecular formula is C5H8NO. The molecule has 1 heterocycles. The van der Waals surface area contributed by atoms with Crippen LogP contribution >= 0.6 is 0 Å². The molecule has 0 aromatic heterocycles. The first-order chi connectivity index (χ1) is 3.30. The predicted octanol–water partition coefficient (Wildman–Crippen LogP) is -0.0434. The summed E-state index contributed by atoms with van der Waals surface area (Å²) in [7, 11) is 0. The van der Waals surface area contributed by atoms with E-state index in [2.05, 4.69) is 5.32 Å². The third-order valence-electron chi connectivity index (χ3n) is 1.16. The first-order valence-electron chi connectivity index (χ1n) is 2.42. The van der Waals surface area contributed by atoms with Crippen molar-refractivity contribution in [2.24, 2.45) is 5.92 Å². The zero-order chi connectivity index (χ0) is 5.28. The van der Waals surface area contributed by atoms with Gasteiger partial charge in [-0.25, -0.2) is 0 Å². The van der Waals surface area contributed by atoms with E-state index in [-0.39, 0.29) is 11.8 Å². The van der Waals surface area contributed by atoms with E-state index in [9.17, 15) is 4.79 Å². The second-order valence-corrected chi connectivity index (χ2v) is 1.77. The Bertz CT molecular complexity index is 90.1. The van der Waals surface area contributed by atoms with Crippen LogP contribution in [0, 0.1) is 12.3 Å². The maximum absolute atomic E-state index is 10.4. The topological polar surface area (TPSA) is 29.1 Å². The van der Waals surface area contributed by atoms with Crippen LogP contribution in [-0.2, 0) is 4.79 Å². The first-order valence-corrected chi connectivity index (χ1v) is 2.42. The summed E-state index contributed by atoms with van der Waals surface area (Å²) in [4.78, 5) is 10.4. The molecular weight excluding hydrogens is 90.1 g/mol. The average Bonchev–Trinajstić information content (AvgIpc) is 1.91. The van der Waals surface area contributed by atoms with E-state index in [0.717, 1.165) is 6.54 Å². The summed E-state index contributed by atoms with van der Waals surface area (Å²) >= 11 is 0. The van der Waals surface area contributed by atoms with Crippen LogP contribution in [0.15, 0.2) is 0 Å². The molecule has 1 fully saturated rings. The van der Waals surface area contributed by atoms with Gasteiger partial charge in [0, 0.05) is 12.5 Å². The minimum atomic E-state index is 0.139. The van der Waals surface area contributed by atoms with Gasteiger partial charge in [0.05, 0.1) is 0 Å². The summed E-state index contributed by atoms with van der Waals surface area (Å²) in [5.74, 6) is 0.292. The number of carbonyl (C=O) groups is 1. The number of carbonyl (C=O) groups excluding carboxylic acids is 1. The molecule has 0 aromatic carbocycles. The Morgan fingerprint density at radius 1 is 2.00 bits per heavy atom. The van der Waals surface area contributed by atoms with Crippen molar-refractivity contribution in [2.45, 2.75) is 6.92 Å². The van der Waals surface area contributed by atoms with Crippen LogP contribution in [-0.4, -0.2) is 12.5 Å². The summed E-state index contributed by atoms with van der Waals surface area (Å²) in [6.07, 6.45) is 1.96. The number of nitrogens with one attached hydrogen (secondary N) is 1. The molecule has 2 heteroatoms. The van der Waals surface area contributed by atoms with Crippen molar-refractivity contribution in [1.29, 1.82) is 0 Å². The Kier molecular flexibility index (Phi) is 1.01. The van der Waals surface area contributed by atoms with Gasteiger partial charge in [0.15, 0.2) is 0 Å². The molecule has 1 unspecified atom stereocenters. The SMILES string of the molecule is CC1[CH]CNC1=O. The minimum absolute atomic E-state index is 0.139. The van der Waals surface area contributed by atoms with Gasteiger partial charge in [0.25, 0.3) is 0 Å². The highest BCUT2D eigenvalue weighted by Gasteiger charge is 2.17. The quantitative estimate of drug-likeness (QED) is 0.452. The second kappa shape index (κ2) is 1.52. The highest BCUT2D eigenvalue weighted by Crippen LogP contribution is 2.04. The molecule has 1 atom stereocenters. The van der Waals surface area contributed by atoms with Gasteiger partial charge in [-0.1, -0.05) is 6.92 Å². The maximum atomic E-state index is 10.4. The molecule has 1 aliphatic heterocycles. The molecule has 1 amide bonds. The molecule has 0 bridgehead atoms. The van der Waals surface area contributed by atoms with E-state index in [0.29, 0.717) is 0 Å². The third-order valence-corrected chi connectivity index (χ3v) is 1.16.